The van der Waals surface area contributed by atoms with Crippen LogP contribution in [0.1, 0.15) is 37.6 Å². The maximum Gasteiger partial charge on any atom is 0.573 e. The number of nitrogens with one attached hydrogen (secondary N) is 2. The highest BCUT2D eigenvalue weighted by Crippen LogP contribution is 2.39. The minimum absolute atomic E-state index is 0.248. The Labute approximate surface area is 238 Å². The number of benzene rings is 2. The first-order valence-corrected chi connectivity index (χ1v) is 13.9. The predicted octanol–water partition coefficient (Wildman–Crippen LogP) is 5.04. The van der Waals surface area contributed by atoms with Gasteiger partial charge in [-0.2, -0.15) is 4.98 Å². The molecule has 1 fully saturated rings. The van der Waals surface area contributed by atoms with E-state index in [2.05, 4.69) is 20.4 Å². The SMILES string of the molecule is Cc1nc(N[C@H](C)c2ccc(OC(F)(F)F)cc2)nc(N[C@@H]2C[C@H](C(C)O)[C@@H](O)[C@H]2O)c1-c1nc2ccccc2s1. The summed E-state index contributed by atoms with van der Waals surface area (Å²) >= 11 is 1.47. The molecule has 1 unspecified atom stereocenters. The molecule has 0 aliphatic heterocycles. The van der Waals surface area contributed by atoms with Crippen molar-refractivity contribution in [2.45, 2.75) is 63.9 Å². The number of thiazole rings is 1. The molecule has 1 aliphatic rings. The predicted molar refractivity (Wildman–Crippen MR) is 150 cm³/mol. The molecule has 41 heavy (non-hydrogen) atoms. The Kier molecular flexibility index (Phi) is 8.06. The van der Waals surface area contributed by atoms with Gasteiger partial charge in [0.05, 0.1) is 45.8 Å². The smallest absolute Gasteiger partial charge is 0.406 e. The summed E-state index contributed by atoms with van der Waals surface area (Å²) < 4.78 is 42.5. The Hall–Kier alpha value is -3.52. The van der Waals surface area contributed by atoms with Gasteiger partial charge in [-0.05, 0) is 57.0 Å². The number of aliphatic hydroxyl groups excluding tert-OH is 3. The van der Waals surface area contributed by atoms with E-state index < -0.39 is 36.6 Å². The number of fused-ring (bicyclic) bond motifs is 1. The number of anilines is 2. The molecule has 4 aromatic rings. The normalized spacial score (nSPS) is 22.5. The van der Waals surface area contributed by atoms with Crippen LogP contribution in [-0.4, -0.2) is 61.0 Å². The summed E-state index contributed by atoms with van der Waals surface area (Å²) in [5, 5.41) is 38.5. The maximum atomic E-state index is 12.5. The number of hydrogen-bond donors (Lipinski definition) is 5. The van der Waals surface area contributed by atoms with Crippen molar-refractivity contribution in [3.63, 3.8) is 0 Å². The van der Waals surface area contributed by atoms with Crippen molar-refractivity contribution in [2.75, 3.05) is 10.6 Å². The number of aliphatic hydroxyl groups is 3. The molecule has 0 spiro atoms. The van der Waals surface area contributed by atoms with Gasteiger partial charge < -0.3 is 30.7 Å². The average molecular weight is 590 g/mol. The molecule has 6 atom stereocenters. The van der Waals surface area contributed by atoms with Gasteiger partial charge in [0.2, 0.25) is 5.95 Å². The van der Waals surface area contributed by atoms with E-state index in [9.17, 15) is 28.5 Å². The molecule has 5 rings (SSSR count). The van der Waals surface area contributed by atoms with E-state index in [-0.39, 0.29) is 17.7 Å². The lowest BCUT2D eigenvalue weighted by Gasteiger charge is -2.22. The topological polar surface area (TPSA) is 133 Å². The molecule has 1 aliphatic carbocycles. The van der Waals surface area contributed by atoms with Gasteiger partial charge in [-0.1, -0.05) is 24.3 Å². The summed E-state index contributed by atoms with van der Waals surface area (Å²) in [5.41, 5.74) is 2.74. The summed E-state index contributed by atoms with van der Waals surface area (Å²) in [4.78, 5) is 14.1. The van der Waals surface area contributed by atoms with Gasteiger partial charge in [0, 0.05) is 5.92 Å². The lowest BCUT2D eigenvalue weighted by molar-refractivity contribution is -0.274. The summed E-state index contributed by atoms with van der Waals surface area (Å²) in [6.07, 6.45) is -7.52. The van der Waals surface area contributed by atoms with E-state index >= 15 is 0 Å². The monoisotopic (exact) mass is 589 g/mol. The van der Waals surface area contributed by atoms with Crippen molar-refractivity contribution in [2.24, 2.45) is 5.92 Å². The van der Waals surface area contributed by atoms with E-state index in [1.165, 1.54) is 35.6 Å². The second-order valence-electron chi connectivity index (χ2n) is 10.2. The number of rotatable bonds is 8. The fraction of sp³-hybridized carbons (Fsp3) is 0.393. The third-order valence-electron chi connectivity index (χ3n) is 7.23. The summed E-state index contributed by atoms with van der Waals surface area (Å²) in [6, 6.07) is 12.2. The molecule has 0 bridgehead atoms. The molecule has 1 saturated carbocycles. The molecule has 9 nitrogen and oxygen atoms in total. The number of alkyl halides is 3. The van der Waals surface area contributed by atoms with Crippen LogP contribution in [0.2, 0.25) is 0 Å². The van der Waals surface area contributed by atoms with Crippen LogP contribution >= 0.6 is 11.3 Å². The Morgan fingerprint density at radius 2 is 1.71 bits per heavy atom. The Bertz CT molecular complexity index is 1480. The van der Waals surface area contributed by atoms with Crippen LogP contribution in [0.4, 0.5) is 24.9 Å². The summed E-state index contributed by atoms with van der Waals surface area (Å²) in [6.45, 7) is 5.21. The van der Waals surface area contributed by atoms with Crippen molar-refractivity contribution >= 4 is 33.3 Å². The molecule has 2 heterocycles. The standard InChI is InChI=1S/C28H30F3N5O4S/c1-13(16-8-10-17(11-9-16)40-28(29,30)31)32-27-33-14(2)22(26-35-19-6-4-5-7-21(19)41-26)25(36-27)34-20-12-18(15(3)37)23(38)24(20)39/h4-11,13,15,18,20,23-24,37-39H,12H2,1-3H3,(H2,32,33,34,36)/t13-,15?,18-,20-,23-,24+/m1/s1. The van der Waals surface area contributed by atoms with Crippen LogP contribution < -0.4 is 15.4 Å². The molecule has 0 radical (unpaired) electrons. The highest BCUT2D eigenvalue weighted by Gasteiger charge is 2.44. The number of ether oxygens (including phenoxy) is 1. The maximum absolute atomic E-state index is 12.5. The zero-order chi connectivity index (χ0) is 29.5. The molecule has 2 aromatic heterocycles. The zero-order valence-electron chi connectivity index (χ0n) is 22.4. The van der Waals surface area contributed by atoms with Gasteiger partial charge in [-0.3, -0.25) is 0 Å². The van der Waals surface area contributed by atoms with E-state index in [0.717, 1.165) is 10.2 Å². The van der Waals surface area contributed by atoms with Gasteiger partial charge >= 0.3 is 6.36 Å². The third kappa shape index (κ3) is 6.38. The summed E-state index contributed by atoms with van der Waals surface area (Å²) in [7, 11) is 0. The second-order valence-corrected chi connectivity index (χ2v) is 11.2. The molecule has 0 amide bonds. The number of aromatic nitrogens is 3. The average Bonchev–Trinajstić information content (AvgIpc) is 3.44. The van der Waals surface area contributed by atoms with Gasteiger partial charge in [0.15, 0.2) is 0 Å². The minimum atomic E-state index is -4.77. The fourth-order valence-electron chi connectivity index (χ4n) is 5.08. The molecule has 13 heteroatoms. The van der Waals surface area contributed by atoms with Gasteiger partial charge in [-0.15, -0.1) is 24.5 Å². The Morgan fingerprint density at radius 1 is 1.00 bits per heavy atom. The first-order valence-electron chi connectivity index (χ1n) is 13.1. The molecule has 5 N–H and O–H groups in total. The van der Waals surface area contributed by atoms with E-state index in [4.69, 9.17) is 9.97 Å². The Morgan fingerprint density at radius 3 is 2.34 bits per heavy atom. The lowest BCUT2D eigenvalue weighted by atomic mass is 10.00. The van der Waals surface area contributed by atoms with Crippen LogP contribution in [0.15, 0.2) is 48.5 Å². The first kappa shape index (κ1) is 29.0. The van der Waals surface area contributed by atoms with Crippen molar-refractivity contribution in [1.29, 1.82) is 0 Å². The number of halogens is 3. The first-order chi connectivity index (χ1) is 19.4. The van der Waals surface area contributed by atoms with Gasteiger partial charge in [0.1, 0.15) is 22.7 Å². The van der Waals surface area contributed by atoms with Crippen LogP contribution in [0.5, 0.6) is 5.75 Å². The molecule has 2 aromatic carbocycles. The van der Waals surface area contributed by atoms with Crippen LogP contribution in [0, 0.1) is 12.8 Å². The number of aryl methyl sites for hydroxylation is 1. The largest absolute Gasteiger partial charge is 0.573 e. The molecular weight excluding hydrogens is 559 g/mol. The van der Waals surface area contributed by atoms with Crippen molar-refractivity contribution in [3.05, 3.63) is 59.8 Å². The van der Waals surface area contributed by atoms with Crippen LogP contribution in [0.3, 0.4) is 0 Å². The third-order valence-corrected chi connectivity index (χ3v) is 8.28. The fourth-order valence-corrected chi connectivity index (χ4v) is 6.14. The minimum Gasteiger partial charge on any atom is -0.406 e. The van der Waals surface area contributed by atoms with Gasteiger partial charge in [0.25, 0.3) is 0 Å². The molecular formula is C28H30F3N5O4S. The molecule has 0 saturated heterocycles. The van der Waals surface area contributed by atoms with Crippen molar-refractivity contribution < 1.29 is 33.2 Å². The number of hydrogen-bond acceptors (Lipinski definition) is 10. The van der Waals surface area contributed by atoms with Crippen molar-refractivity contribution in [1.82, 2.24) is 15.0 Å². The van der Waals surface area contributed by atoms with Crippen LogP contribution in [0.25, 0.3) is 20.8 Å². The highest BCUT2D eigenvalue weighted by molar-refractivity contribution is 7.21. The zero-order valence-corrected chi connectivity index (χ0v) is 23.2. The molecule has 218 valence electrons. The van der Waals surface area contributed by atoms with Crippen molar-refractivity contribution in [3.8, 4) is 16.3 Å². The highest BCUT2D eigenvalue weighted by atomic mass is 32.1. The second kappa shape index (κ2) is 11.4. The van der Waals surface area contributed by atoms with Crippen LogP contribution in [-0.2, 0) is 0 Å². The quantitative estimate of drug-likeness (QED) is 0.192. The van der Waals surface area contributed by atoms with Gasteiger partial charge in [-0.25, -0.2) is 9.97 Å². The Balaban J connectivity index is 1.47. The number of nitrogens with zero attached hydrogens (tertiary/aromatic N) is 3. The van der Waals surface area contributed by atoms with E-state index in [0.29, 0.717) is 34.1 Å². The summed E-state index contributed by atoms with van der Waals surface area (Å²) in [5.74, 6) is -0.195. The number of para-hydroxylation sites is 1. The van der Waals surface area contributed by atoms with E-state index in [1.807, 2.05) is 38.1 Å². The van der Waals surface area contributed by atoms with E-state index in [1.54, 1.807) is 6.92 Å². The lowest BCUT2D eigenvalue weighted by Crippen LogP contribution is -2.36.